The van der Waals surface area contributed by atoms with Crippen molar-refractivity contribution in [1.82, 2.24) is 14.9 Å². The molecule has 8 heteroatoms. The molecule has 1 aromatic heterocycles. The van der Waals surface area contributed by atoms with Gasteiger partial charge >= 0.3 is 0 Å². The highest BCUT2D eigenvalue weighted by molar-refractivity contribution is 5.62. The molecule has 3 aliphatic rings. The quantitative estimate of drug-likeness (QED) is 0.540. The van der Waals surface area contributed by atoms with E-state index in [1.165, 1.54) is 24.0 Å². The maximum absolute atomic E-state index is 14.4. The van der Waals surface area contributed by atoms with Crippen molar-refractivity contribution in [3.63, 3.8) is 0 Å². The van der Waals surface area contributed by atoms with Crippen molar-refractivity contribution in [1.29, 1.82) is 5.26 Å². The topological polar surface area (TPSA) is 83.3 Å². The van der Waals surface area contributed by atoms with Crippen LogP contribution in [0.15, 0.2) is 54.9 Å². The number of likely N-dealkylation sites (tertiary alicyclic amines) is 1. The van der Waals surface area contributed by atoms with Gasteiger partial charge in [-0.05, 0) is 49.9 Å². The van der Waals surface area contributed by atoms with Crippen LogP contribution in [0.3, 0.4) is 0 Å². The first-order valence-corrected chi connectivity index (χ1v) is 12.4. The summed E-state index contributed by atoms with van der Waals surface area (Å²) in [5, 5.41) is 12.0. The lowest BCUT2D eigenvalue weighted by Crippen LogP contribution is -2.73. The summed E-state index contributed by atoms with van der Waals surface area (Å²) in [5.74, 6) is 0.483. The van der Waals surface area contributed by atoms with Crippen LogP contribution in [-0.4, -0.2) is 46.3 Å². The monoisotopic (exact) mass is 485 g/mol. The molecule has 1 spiro atoms. The van der Waals surface area contributed by atoms with E-state index in [0.717, 1.165) is 44.6 Å². The zero-order chi connectivity index (χ0) is 24.7. The average Bonchev–Trinajstić information content (AvgIpc) is 3.23. The Balaban J connectivity index is 1.15. The van der Waals surface area contributed by atoms with Crippen LogP contribution in [0.5, 0.6) is 5.88 Å². The molecule has 2 aromatic carbocycles. The number of anilines is 2. The molecule has 0 radical (unpaired) electrons. The molecule has 36 heavy (non-hydrogen) atoms. The number of ether oxygens (including phenoxy) is 2. The molecular weight excluding hydrogens is 457 g/mol. The molecule has 3 fully saturated rings. The van der Waals surface area contributed by atoms with Gasteiger partial charge in [0.1, 0.15) is 24.1 Å². The fourth-order valence-electron chi connectivity index (χ4n) is 6.25. The van der Waals surface area contributed by atoms with E-state index in [0.29, 0.717) is 23.8 Å². The molecular formula is C28H28FN5O2. The van der Waals surface area contributed by atoms with E-state index in [4.69, 9.17) is 14.7 Å². The average molecular weight is 486 g/mol. The predicted octanol–water partition coefficient (Wildman–Crippen LogP) is 4.74. The minimum absolute atomic E-state index is 0.0393. The van der Waals surface area contributed by atoms with E-state index in [1.54, 1.807) is 6.07 Å². The second-order valence-electron chi connectivity index (χ2n) is 10.0. The van der Waals surface area contributed by atoms with E-state index in [1.807, 2.05) is 13.0 Å². The van der Waals surface area contributed by atoms with Crippen LogP contribution in [0, 0.1) is 29.5 Å². The van der Waals surface area contributed by atoms with E-state index in [-0.39, 0.29) is 22.8 Å². The number of hydrogen-bond donors (Lipinski definition) is 1. The molecule has 184 valence electrons. The Kier molecular flexibility index (Phi) is 5.82. The van der Waals surface area contributed by atoms with Crippen molar-refractivity contribution in [3.05, 3.63) is 77.4 Å². The number of aromatic nitrogens is 2. The predicted molar refractivity (Wildman–Crippen MR) is 132 cm³/mol. The van der Waals surface area contributed by atoms with Gasteiger partial charge in [-0.15, -0.1) is 0 Å². The Morgan fingerprint density at radius 2 is 2.06 bits per heavy atom. The third-order valence-corrected chi connectivity index (χ3v) is 8.02. The van der Waals surface area contributed by atoms with Crippen LogP contribution in [0.4, 0.5) is 15.9 Å². The molecule has 3 aromatic rings. The fraction of sp³-hybridized carbons (Fsp3) is 0.393. The molecule has 1 N–H and O–H groups in total. The fourth-order valence-corrected chi connectivity index (χ4v) is 6.25. The summed E-state index contributed by atoms with van der Waals surface area (Å²) in [4.78, 5) is 11.3. The lowest BCUT2D eigenvalue weighted by Gasteiger charge is -2.63. The van der Waals surface area contributed by atoms with Crippen LogP contribution in [0.2, 0.25) is 0 Å². The maximum atomic E-state index is 14.4. The highest BCUT2D eigenvalue weighted by Gasteiger charge is 2.65. The van der Waals surface area contributed by atoms with Crippen LogP contribution >= 0.6 is 0 Å². The van der Waals surface area contributed by atoms with Crippen molar-refractivity contribution >= 4 is 11.5 Å². The summed E-state index contributed by atoms with van der Waals surface area (Å²) in [5.41, 5.74) is 2.71. The molecule has 6 rings (SSSR count). The maximum Gasteiger partial charge on any atom is 0.221 e. The molecule has 1 unspecified atom stereocenters. The standard InChI is InChI=1S/C28H28FN5O2/c1-18-26(33-23-9-7-20(13-30)11-22(23)29)31-17-32-27(18)36-21-8-10-24-28(12-21)16-35-15-25(28)34(24)14-19-5-3-2-4-6-19/h2-7,9,11,17,21,24-25H,8,10,12,14-16H2,1H3,(H,31,32,33)/t21-,24?,25+,28-/m1/s1. The van der Waals surface area contributed by atoms with Crippen LogP contribution in [-0.2, 0) is 11.3 Å². The summed E-state index contributed by atoms with van der Waals surface area (Å²) in [6.07, 6.45) is 4.41. The number of halogens is 1. The second kappa shape index (κ2) is 9.16. The summed E-state index contributed by atoms with van der Waals surface area (Å²) in [6, 6.07) is 17.8. The van der Waals surface area contributed by atoms with Gasteiger partial charge in [-0.2, -0.15) is 5.26 Å². The smallest absolute Gasteiger partial charge is 0.221 e. The first-order valence-electron chi connectivity index (χ1n) is 12.4. The number of nitriles is 1. The Labute approximate surface area is 209 Å². The molecule has 1 aliphatic carbocycles. The summed E-state index contributed by atoms with van der Waals surface area (Å²) in [7, 11) is 0. The van der Waals surface area contributed by atoms with Gasteiger partial charge in [0.2, 0.25) is 5.88 Å². The Morgan fingerprint density at radius 3 is 2.86 bits per heavy atom. The van der Waals surface area contributed by atoms with Crippen LogP contribution < -0.4 is 10.1 Å². The molecule has 4 atom stereocenters. The highest BCUT2D eigenvalue weighted by Crippen LogP contribution is 2.56. The highest BCUT2D eigenvalue weighted by atomic mass is 19.1. The largest absolute Gasteiger partial charge is 0.474 e. The molecule has 7 nitrogen and oxygen atoms in total. The van der Waals surface area contributed by atoms with Gasteiger partial charge in [-0.3, -0.25) is 4.90 Å². The second-order valence-corrected chi connectivity index (χ2v) is 10.0. The van der Waals surface area contributed by atoms with Gasteiger partial charge in [-0.25, -0.2) is 14.4 Å². The van der Waals surface area contributed by atoms with Gasteiger partial charge in [0.05, 0.1) is 36.1 Å². The summed E-state index contributed by atoms with van der Waals surface area (Å²) >= 11 is 0. The van der Waals surface area contributed by atoms with Crippen molar-refractivity contribution < 1.29 is 13.9 Å². The van der Waals surface area contributed by atoms with Crippen molar-refractivity contribution in [2.45, 2.75) is 50.9 Å². The molecule has 2 saturated heterocycles. The van der Waals surface area contributed by atoms with E-state index in [2.05, 4.69) is 50.5 Å². The van der Waals surface area contributed by atoms with Gasteiger partial charge in [-0.1, -0.05) is 30.3 Å². The van der Waals surface area contributed by atoms with Gasteiger partial charge < -0.3 is 14.8 Å². The minimum atomic E-state index is -0.510. The molecule has 0 bridgehead atoms. The van der Waals surface area contributed by atoms with Gasteiger partial charge in [0.25, 0.3) is 0 Å². The lowest BCUT2D eigenvalue weighted by atomic mass is 9.58. The molecule has 0 amide bonds. The van der Waals surface area contributed by atoms with Crippen molar-refractivity contribution in [2.75, 3.05) is 18.5 Å². The zero-order valence-corrected chi connectivity index (χ0v) is 20.2. The Morgan fingerprint density at radius 1 is 1.19 bits per heavy atom. The van der Waals surface area contributed by atoms with E-state index in [9.17, 15) is 4.39 Å². The van der Waals surface area contributed by atoms with Crippen LogP contribution in [0.1, 0.15) is 36.0 Å². The van der Waals surface area contributed by atoms with Gasteiger partial charge in [0, 0.05) is 24.0 Å². The normalized spacial score (nSPS) is 26.9. The number of rotatable bonds is 6. The molecule has 2 aliphatic heterocycles. The third-order valence-electron chi connectivity index (χ3n) is 8.02. The van der Waals surface area contributed by atoms with Crippen LogP contribution in [0.25, 0.3) is 0 Å². The first-order chi connectivity index (χ1) is 17.6. The number of nitrogens with one attached hydrogen (secondary N) is 1. The minimum Gasteiger partial charge on any atom is -0.474 e. The number of benzene rings is 2. The van der Waals surface area contributed by atoms with Crippen molar-refractivity contribution in [2.24, 2.45) is 5.41 Å². The van der Waals surface area contributed by atoms with Gasteiger partial charge in [0.15, 0.2) is 0 Å². The summed E-state index contributed by atoms with van der Waals surface area (Å²) < 4.78 is 26.8. The Bertz CT molecular complexity index is 1310. The van der Waals surface area contributed by atoms with E-state index < -0.39 is 5.82 Å². The SMILES string of the molecule is Cc1c(Nc2ccc(C#N)cc2F)ncnc1O[C@@H]1CCC2N(Cc3ccccc3)[C@H]3COC[C@]23C1. The lowest BCUT2D eigenvalue weighted by molar-refractivity contribution is -0.158. The Hall–Kier alpha value is -3.54. The third kappa shape index (κ3) is 3.89. The van der Waals surface area contributed by atoms with Crippen molar-refractivity contribution in [3.8, 4) is 11.9 Å². The zero-order valence-electron chi connectivity index (χ0n) is 20.2. The first kappa shape index (κ1) is 22.9. The number of nitrogens with zero attached hydrogens (tertiary/aromatic N) is 4. The number of hydrogen-bond acceptors (Lipinski definition) is 7. The molecule has 3 heterocycles. The molecule has 1 saturated carbocycles. The van der Waals surface area contributed by atoms with E-state index >= 15 is 0 Å². The summed E-state index contributed by atoms with van der Waals surface area (Å²) in [6.45, 7) is 4.38.